The lowest BCUT2D eigenvalue weighted by Gasteiger charge is -2.26. The smallest absolute Gasteiger partial charge is 0.0387 e. The first-order valence-corrected chi connectivity index (χ1v) is 7.59. The number of hydrogen-bond acceptors (Lipinski definition) is 2. The van der Waals surface area contributed by atoms with Crippen LogP contribution in [0.4, 0.5) is 0 Å². The Balaban J connectivity index is 1.89. The fourth-order valence-corrected chi connectivity index (χ4v) is 4.21. The molecule has 1 radical (unpaired) electrons. The van der Waals surface area contributed by atoms with E-state index in [0.29, 0.717) is 0 Å². The Hall–Kier alpha value is -1.93. The van der Waals surface area contributed by atoms with Gasteiger partial charge in [-0.3, -0.25) is 4.98 Å². The fourth-order valence-electron chi connectivity index (χ4n) is 3.18. The molecule has 1 unspecified atom stereocenters. The molecule has 1 atom stereocenters. The molecule has 0 bridgehead atoms. The summed E-state index contributed by atoms with van der Waals surface area (Å²) < 4.78 is 0. The molecule has 1 aliphatic carbocycles. The summed E-state index contributed by atoms with van der Waals surface area (Å²) in [6, 6.07) is 15.1. The van der Waals surface area contributed by atoms with E-state index in [0.717, 1.165) is 6.42 Å². The van der Waals surface area contributed by atoms with Gasteiger partial charge in [-0.1, -0.05) is 24.3 Å². The van der Waals surface area contributed by atoms with Gasteiger partial charge in [-0.2, -0.15) is 0 Å². The first-order valence-electron chi connectivity index (χ1n) is 6.71. The zero-order valence-corrected chi connectivity index (χ0v) is 11.9. The second-order valence-corrected chi connectivity index (χ2v) is 6.24. The topological polar surface area (TPSA) is 12.9 Å². The van der Waals surface area contributed by atoms with Gasteiger partial charge < -0.3 is 0 Å². The van der Waals surface area contributed by atoms with Gasteiger partial charge in [-0.05, 0) is 59.2 Å². The summed E-state index contributed by atoms with van der Waals surface area (Å²) in [7, 11) is 0. The third-order valence-electron chi connectivity index (χ3n) is 4.12. The molecule has 0 saturated heterocycles. The number of aromatic nitrogens is 1. The quantitative estimate of drug-likeness (QED) is 0.672. The van der Waals surface area contributed by atoms with E-state index in [9.17, 15) is 0 Å². The van der Waals surface area contributed by atoms with Gasteiger partial charge in [0.1, 0.15) is 0 Å². The van der Waals surface area contributed by atoms with Crippen LogP contribution in [0.15, 0.2) is 60.2 Å². The van der Waals surface area contributed by atoms with Crippen molar-refractivity contribution in [3.63, 3.8) is 0 Å². The number of pyridine rings is 1. The molecule has 2 heteroatoms. The van der Waals surface area contributed by atoms with E-state index in [2.05, 4.69) is 59.8 Å². The average molecular weight is 276 g/mol. The van der Waals surface area contributed by atoms with Gasteiger partial charge in [-0.25, -0.2) is 0 Å². The summed E-state index contributed by atoms with van der Waals surface area (Å²) in [6.45, 7) is 4.61. The van der Waals surface area contributed by atoms with E-state index in [1.54, 1.807) is 0 Å². The molecule has 4 rings (SSSR count). The van der Waals surface area contributed by atoms with Crippen LogP contribution in [0.5, 0.6) is 0 Å². The molecule has 0 amide bonds. The number of fused-ring (bicyclic) bond motifs is 3. The minimum atomic E-state index is -0.173. The largest absolute Gasteiger partial charge is 0.265 e. The average Bonchev–Trinajstić information content (AvgIpc) is 3.05. The predicted molar refractivity (Wildman–Crippen MR) is 83.8 cm³/mol. The summed E-state index contributed by atoms with van der Waals surface area (Å²) >= 11 is 1.82. The maximum Gasteiger partial charge on any atom is 0.0387 e. The van der Waals surface area contributed by atoms with Gasteiger partial charge in [0.05, 0.1) is 0 Å². The highest BCUT2D eigenvalue weighted by Crippen LogP contribution is 2.52. The van der Waals surface area contributed by atoms with Crippen LogP contribution >= 0.6 is 11.3 Å². The van der Waals surface area contributed by atoms with Crippen molar-refractivity contribution in [2.45, 2.75) is 11.8 Å². The third-order valence-corrected chi connectivity index (χ3v) is 5.07. The highest BCUT2D eigenvalue weighted by Gasteiger charge is 2.39. The molecule has 2 heterocycles. The van der Waals surface area contributed by atoms with E-state index in [1.807, 2.05) is 23.7 Å². The molecule has 0 spiro atoms. The number of hydrogen-bond donors (Lipinski definition) is 0. The second-order valence-electron chi connectivity index (χ2n) is 5.32. The van der Waals surface area contributed by atoms with Gasteiger partial charge in [0.15, 0.2) is 0 Å². The molecule has 0 fully saturated rings. The molecule has 0 aliphatic heterocycles. The van der Waals surface area contributed by atoms with Crippen LogP contribution in [0.3, 0.4) is 0 Å². The van der Waals surface area contributed by atoms with Crippen LogP contribution in [0.1, 0.15) is 16.7 Å². The Labute approximate surface area is 122 Å². The summed E-state index contributed by atoms with van der Waals surface area (Å²) in [5.41, 5.74) is 5.16. The van der Waals surface area contributed by atoms with Crippen molar-refractivity contribution < 1.29 is 0 Å². The molecule has 0 saturated carbocycles. The van der Waals surface area contributed by atoms with Crippen molar-refractivity contribution in [3.8, 4) is 10.4 Å². The van der Waals surface area contributed by atoms with Crippen molar-refractivity contribution in [1.29, 1.82) is 0 Å². The van der Waals surface area contributed by atoms with Gasteiger partial charge >= 0.3 is 0 Å². The molecule has 20 heavy (non-hydrogen) atoms. The number of thiophene rings is 1. The SMILES string of the molecule is [CH2]C1(Cc2ccncc2)c2ccccc2-c2sccc21. The Morgan fingerprint density at radius 3 is 2.65 bits per heavy atom. The van der Waals surface area contributed by atoms with E-state index in [4.69, 9.17) is 0 Å². The molecule has 1 aliphatic rings. The summed E-state index contributed by atoms with van der Waals surface area (Å²) in [5, 5.41) is 2.17. The van der Waals surface area contributed by atoms with Crippen LogP contribution < -0.4 is 0 Å². The van der Waals surface area contributed by atoms with Gasteiger partial charge in [0, 0.05) is 22.7 Å². The Kier molecular flexibility index (Phi) is 2.54. The van der Waals surface area contributed by atoms with Gasteiger partial charge in [0.25, 0.3) is 0 Å². The van der Waals surface area contributed by atoms with Crippen LogP contribution in [-0.2, 0) is 11.8 Å². The summed E-state index contributed by atoms with van der Waals surface area (Å²) in [5.74, 6) is 0. The van der Waals surface area contributed by atoms with Crippen molar-refractivity contribution in [2.24, 2.45) is 0 Å². The molecule has 1 nitrogen and oxygen atoms in total. The standard InChI is InChI=1S/C18H14NS/c1-18(12-13-6-9-19-10-7-13)15-5-3-2-4-14(15)17-16(18)8-11-20-17/h2-11H,1,12H2. The lowest BCUT2D eigenvalue weighted by molar-refractivity contribution is 0.652. The molecule has 97 valence electrons. The van der Waals surface area contributed by atoms with Crippen molar-refractivity contribution in [3.05, 3.63) is 83.9 Å². The molecule has 2 aromatic heterocycles. The minimum Gasteiger partial charge on any atom is -0.265 e. The van der Waals surface area contributed by atoms with Crippen molar-refractivity contribution >= 4 is 11.3 Å². The number of nitrogens with zero attached hydrogens (tertiary/aromatic N) is 1. The lowest BCUT2D eigenvalue weighted by Crippen LogP contribution is -2.23. The normalized spacial score (nSPS) is 19.6. The van der Waals surface area contributed by atoms with Crippen LogP contribution in [0.25, 0.3) is 10.4 Å². The van der Waals surface area contributed by atoms with Crippen molar-refractivity contribution in [2.75, 3.05) is 0 Å². The Morgan fingerprint density at radius 2 is 1.80 bits per heavy atom. The first kappa shape index (κ1) is 11.9. The molecule has 1 aromatic carbocycles. The zero-order chi connectivity index (χ0) is 13.6. The maximum absolute atomic E-state index is 4.61. The molecular weight excluding hydrogens is 262 g/mol. The number of rotatable bonds is 2. The van der Waals surface area contributed by atoms with Crippen LogP contribution in [0, 0.1) is 6.92 Å². The first-order chi connectivity index (χ1) is 9.79. The van der Waals surface area contributed by atoms with Crippen LogP contribution in [-0.4, -0.2) is 4.98 Å². The Morgan fingerprint density at radius 1 is 1.00 bits per heavy atom. The highest BCUT2D eigenvalue weighted by atomic mass is 32.1. The van der Waals surface area contributed by atoms with Gasteiger partial charge in [0.2, 0.25) is 0 Å². The lowest BCUT2D eigenvalue weighted by atomic mass is 9.76. The fraction of sp³-hybridized carbons (Fsp3) is 0.111. The van der Waals surface area contributed by atoms with Gasteiger partial charge in [-0.15, -0.1) is 11.3 Å². The summed E-state index contributed by atoms with van der Waals surface area (Å²) in [6.07, 6.45) is 4.62. The predicted octanol–water partition coefficient (Wildman–Crippen LogP) is 4.49. The zero-order valence-electron chi connectivity index (χ0n) is 11.0. The van der Waals surface area contributed by atoms with E-state index in [-0.39, 0.29) is 5.41 Å². The molecule has 0 N–H and O–H groups in total. The molecule has 3 aromatic rings. The van der Waals surface area contributed by atoms with E-state index < -0.39 is 0 Å². The van der Waals surface area contributed by atoms with E-state index in [1.165, 1.54) is 27.1 Å². The number of benzene rings is 1. The highest BCUT2D eigenvalue weighted by molar-refractivity contribution is 7.14. The second kappa shape index (κ2) is 4.29. The van der Waals surface area contributed by atoms with Crippen molar-refractivity contribution in [1.82, 2.24) is 4.98 Å². The summed E-state index contributed by atoms with van der Waals surface area (Å²) in [4.78, 5) is 5.48. The minimum absolute atomic E-state index is 0.173. The maximum atomic E-state index is 4.61. The van der Waals surface area contributed by atoms with E-state index >= 15 is 0 Å². The van der Waals surface area contributed by atoms with Crippen LogP contribution in [0.2, 0.25) is 0 Å². The monoisotopic (exact) mass is 276 g/mol. The Bertz CT molecular complexity index is 760. The third kappa shape index (κ3) is 1.58. The molecular formula is C18H14NS.